The highest BCUT2D eigenvalue weighted by Gasteiger charge is 2.12. The number of aryl methyl sites for hydroxylation is 2. The smallest absolute Gasteiger partial charge is 0.257 e. The Hall–Kier alpha value is -3.85. The first-order chi connectivity index (χ1) is 14.6. The molecule has 0 aliphatic rings. The van der Waals surface area contributed by atoms with Gasteiger partial charge >= 0.3 is 0 Å². The Morgan fingerprint density at radius 2 is 1.87 bits per heavy atom. The van der Waals surface area contributed by atoms with Crippen LogP contribution in [-0.4, -0.2) is 35.9 Å². The predicted molar refractivity (Wildman–Crippen MR) is 117 cm³/mol. The lowest BCUT2D eigenvalue weighted by atomic mass is 10.3. The van der Waals surface area contributed by atoms with Crippen LogP contribution < -0.4 is 10.7 Å². The number of hydrogen-bond acceptors (Lipinski definition) is 8. The average Bonchev–Trinajstić information content (AvgIpc) is 3.07. The molecule has 0 aliphatic heterocycles. The summed E-state index contributed by atoms with van der Waals surface area (Å²) in [5, 5.41) is 12.4. The van der Waals surface area contributed by atoms with E-state index in [9.17, 15) is 0 Å². The van der Waals surface area contributed by atoms with Gasteiger partial charge in [0.05, 0.1) is 17.6 Å². The Bertz CT molecular complexity index is 1190. The van der Waals surface area contributed by atoms with E-state index < -0.39 is 0 Å². The molecule has 0 saturated heterocycles. The van der Waals surface area contributed by atoms with Gasteiger partial charge in [-0.25, -0.2) is 10.1 Å². The lowest BCUT2D eigenvalue weighted by Crippen LogP contribution is -2.11. The Labute approximate surface area is 177 Å². The van der Waals surface area contributed by atoms with E-state index in [1.54, 1.807) is 29.2 Å². The minimum atomic E-state index is 0.254. The summed E-state index contributed by atoms with van der Waals surface area (Å²) in [5.74, 6) is 0.935. The second-order valence-electron chi connectivity index (χ2n) is 6.38. The van der Waals surface area contributed by atoms with Crippen LogP contribution in [0.3, 0.4) is 0 Å². The van der Waals surface area contributed by atoms with Crippen molar-refractivity contribution in [1.82, 2.24) is 29.7 Å². The van der Waals surface area contributed by atoms with Crippen LogP contribution in [0.1, 0.15) is 17.1 Å². The molecule has 1 aromatic carbocycles. The Morgan fingerprint density at radius 1 is 1.00 bits per heavy atom. The van der Waals surface area contributed by atoms with E-state index in [1.807, 2.05) is 50.2 Å². The molecular formula is C20H18ClN9. The molecule has 2 N–H and O–H groups in total. The van der Waals surface area contributed by atoms with E-state index in [0.29, 0.717) is 22.6 Å². The molecule has 0 radical (unpaired) electrons. The predicted octanol–water partition coefficient (Wildman–Crippen LogP) is 3.91. The van der Waals surface area contributed by atoms with Gasteiger partial charge in [-0.2, -0.15) is 25.2 Å². The molecule has 0 saturated carbocycles. The molecule has 0 unspecified atom stereocenters. The van der Waals surface area contributed by atoms with Crippen molar-refractivity contribution in [2.45, 2.75) is 13.8 Å². The molecule has 0 atom stereocenters. The lowest BCUT2D eigenvalue weighted by molar-refractivity contribution is 0.767. The van der Waals surface area contributed by atoms with Crippen molar-refractivity contribution in [3.8, 4) is 5.95 Å². The Kier molecular flexibility index (Phi) is 5.62. The molecule has 9 nitrogen and oxygen atoms in total. The van der Waals surface area contributed by atoms with Gasteiger partial charge in [-0.05, 0) is 50.2 Å². The summed E-state index contributed by atoms with van der Waals surface area (Å²) in [6.07, 6.45) is 3.27. The molecule has 0 fully saturated rings. The van der Waals surface area contributed by atoms with E-state index in [0.717, 1.165) is 17.1 Å². The van der Waals surface area contributed by atoms with E-state index in [4.69, 9.17) is 11.6 Å². The van der Waals surface area contributed by atoms with Crippen LogP contribution in [0.5, 0.6) is 0 Å². The third kappa shape index (κ3) is 4.76. The number of aromatic nitrogens is 6. The van der Waals surface area contributed by atoms with Crippen molar-refractivity contribution in [2.75, 3.05) is 10.7 Å². The third-order valence-electron chi connectivity index (χ3n) is 3.95. The van der Waals surface area contributed by atoms with E-state index in [2.05, 4.69) is 40.9 Å². The molecule has 30 heavy (non-hydrogen) atoms. The summed E-state index contributed by atoms with van der Waals surface area (Å²) in [5.41, 5.74) is 6.04. The van der Waals surface area contributed by atoms with Crippen LogP contribution >= 0.6 is 11.6 Å². The average molecular weight is 420 g/mol. The molecule has 0 amide bonds. The zero-order valence-corrected chi connectivity index (χ0v) is 17.0. The molecule has 4 aromatic rings. The second-order valence-corrected chi connectivity index (χ2v) is 6.82. The van der Waals surface area contributed by atoms with Gasteiger partial charge < -0.3 is 5.32 Å². The monoisotopic (exact) mass is 419 g/mol. The summed E-state index contributed by atoms with van der Waals surface area (Å²) in [4.78, 5) is 17.5. The first-order valence-corrected chi connectivity index (χ1v) is 9.47. The number of halogens is 1. The summed E-state index contributed by atoms with van der Waals surface area (Å²) < 4.78 is 1.65. The van der Waals surface area contributed by atoms with Crippen LogP contribution in [0.15, 0.2) is 59.8 Å². The number of nitrogens with one attached hydrogen (secondary N) is 2. The molecule has 0 aliphatic carbocycles. The fourth-order valence-electron chi connectivity index (χ4n) is 2.70. The van der Waals surface area contributed by atoms with Gasteiger partial charge in [0.25, 0.3) is 5.95 Å². The van der Waals surface area contributed by atoms with Gasteiger partial charge in [0.15, 0.2) is 0 Å². The lowest BCUT2D eigenvalue weighted by Gasteiger charge is -2.09. The molecule has 0 bridgehead atoms. The van der Waals surface area contributed by atoms with Crippen molar-refractivity contribution < 1.29 is 0 Å². The van der Waals surface area contributed by atoms with Gasteiger partial charge in [0.2, 0.25) is 11.9 Å². The van der Waals surface area contributed by atoms with Crippen LogP contribution in [0.2, 0.25) is 5.02 Å². The van der Waals surface area contributed by atoms with E-state index in [-0.39, 0.29) is 5.95 Å². The van der Waals surface area contributed by atoms with Gasteiger partial charge in [-0.1, -0.05) is 23.7 Å². The summed E-state index contributed by atoms with van der Waals surface area (Å²) in [6, 6.07) is 14.8. The number of pyridine rings is 1. The number of hydrazone groups is 1. The van der Waals surface area contributed by atoms with Gasteiger partial charge in [0.1, 0.15) is 0 Å². The van der Waals surface area contributed by atoms with E-state index >= 15 is 0 Å². The van der Waals surface area contributed by atoms with Crippen LogP contribution in [0, 0.1) is 13.8 Å². The van der Waals surface area contributed by atoms with Crippen LogP contribution in [0.4, 0.5) is 17.6 Å². The number of nitrogens with zero attached hydrogens (tertiary/aromatic N) is 7. The topological polar surface area (TPSA) is 106 Å². The summed E-state index contributed by atoms with van der Waals surface area (Å²) in [7, 11) is 0. The van der Waals surface area contributed by atoms with Crippen molar-refractivity contribution >= 4 is 35.4 Å². The molecule has 3 aromatic heterocycles. The zero-order chi connectivity index (χ0) is 20.9. The van der Waals surface area contributed by atoms with Crippen LogP contribution in [0.25, 0.3) is 5.95 Å². The van der Waals surface area contributed by atoms with Crippen molar-refractivity contribution in [2.24, 2.45) is 5.10 Å². The number of anilines is 3. The largest absolute Gasteiger partial charge is 0.324 e. The molecule has 10 heteroatoms. The third-order valence-corrected chi connectivity index (χ3v) is 4.19. The fraction of sp³-hybridized carbons (Fsp3) is 0.100. The molecular weight excluding hydrogens is 402 g/mol. The highest BCUT2D eigenvalue weighted by molar-refractivity contribution is 6.30. The Balaban J connectivity index is 1.66. The molecule has 4 rings (SSSR count). The number of rotatable bonds is 6. The second kappa shape index (κ2) is 8.66. The maximum absolute atomic E-state index is 6.08. The van der Waals surface area contributed by atoms with E-state index in [1.165, 1.54) is 0 Å². The number of hydrogen-bond donors (Lipinski definition) is 2. The number of benzene rings is 1. The highest BCUT2D eigenvalue weighted by atomic mass is 35.5. The van der Waals surface area contributed by atoms with Crippen LogP contribution in [-0.2, 0) is 0 Å². The van der Waals surface area contributed by atoms with Gasteiger partial charge in [-0.15, -0.1) is 0 Å². The standard InChI is InChI=1S/C20H18ClN9/c1-13-10-14(2)30(29-13)20-26-18(24-16-8-5-6-15(21)11-16)25-19(27-20)28-23-12-17-7-3-4-9-22-17/h3-12H,1-2H3,(H2,24,25,26,27,28)/b23-12-. The molecule has 150 valence electrons. The zero-order valence-electron chi connectivity index (χ0n) is 16.3. The van der Waals surface area contributed by atoms with Crippen molar-refractivity contribution in [1.29, 1.82) is 0 Å². The first kappa shape index (κ1) is 19.5. The maximum atomic E-state index is 6.08. The maximum Gasteiger partial charge on any atom is 0.257 e. The first-order valence-electron chi connectivity index (χ1n) is 9.09. The van der Waals surface area contributed by atoms with Gasteiger partial charge in [-0.3, -0.25) is 4.98 Å². The molecule has 3 heterocycles. The van der Waals surface area contributed by atoms with Gasteiger partial charge in [0, 0.05) is 22.6 Å². The van der Waals surface area contributed by atoms with Crippen molar-refractivity contribution in [3.63, 3.8) is 0 Å². The fourth-order valence-corrected chi connectivity index (χ4v) is 2.89. The summed E-state index contributed by atoms with van der Waals surface area (Å²) in [6.45, 7) is 3.84. The van der Waals surface area contributed by atoms with Crippen molar-refractivity contribution in [3.05, 3.63) is 76.8 Å². The quantitative estimate of drug-likeness (QED) is 0.360. The normalized spacial score (nSPS) is 11.0. The minimum Gasteiger partial charge on any atom is -0.324 e. The Morgan fingerprint density at radius 3 is 2.60 bits per heavy atom. The summed E-state index contributed by atoms with van der Waals surface area (Å²) >= 11 is 6.08. The highest BCUT2D eigenvalue weighted by Crippen LogP contribution is 2.19. The minimum absolute atomic E-state index is 0.254. The molecule has 0 spiro atoms. The SMILES string of the molecule is Cc1cc(C)n(-c2nc(N/N=C\c3ccccn3)nc(Nc3cccc(Cl)c3)n2)n1.